The molecule has 3 aromatic rings. The van der Waals surface area contributed by atoms with Crippen molar-refractivity contribution in [1.82, 2.24) is 4.57 Å². The molecule has 144 valence electrons. The molecule has 0 unspecified atom stereocenters. The van der Waals surface area contributed by atoms with Crippen molar-refractivity contribution >= 4 is 51.5 Å². The van der Waals surface area contributed by atoms with E-state index in [1.165, 1.54) is 10.8 Å². The quantitative estimate of drug-likeness (QED) is 0.664. The van der Waals surface area contributed by atoms with E-state index < -0.39 is 11.9 Å². The van der Waals surface area contributed by atoms with Crippen molar-refractivity contribution in [3.8, 4) is 0 Å². The van der Waals surface area contributed by atoms with Gasteiger partial charge >= 0.3 is 0 Å². The fourth-order valence-electron chi connectivity index (χ4n) is 2.87. The monoisotopic (exact) mass is 417 g/mol. The zero-order chi connectivity index (χ0) is 20.4. The van der Waals surface area contributed by atoms with Crippen molar-refractivity contribution in [3.05, 3.63) is 74.6 Å². The fraction of sp³-hybridized carbons (Fsp3) is 0.150. The first-order valence-electron chi connectivity index (χ1n) is 8.45. The Morgan fingerprint density at radius 2 is 1.86 bits per heavy atom. The van der Waals surface area contributed by atoms with Crippen LogP contribution in [0.15, 0.2) is 53.5 Å². The van der Waals surface area contributed by atoms with E-state index in [-0.39, 0.29) is 17.9 Å². The van der Waals surface area contributed by atoms with Crippen molar-refractivity contribution in [2.24, 2.45) is 5.73 Å². The predicted molar refractivity (Wildman–Crippen MR) is 111 cm³/mol. The fourth-order valence-corrected chi connectivity index (χ4v) is 3.19. The number of benzene rings is 2. The van der Waals surface area contributed by atoms with Gasteiger partial charge in [-0.2, -0.15) is 0 Å². The summed E-state index contributed by atoms with van der Waals surface area (Å²) < 4.78 is 1.27. The van der Waals surface area contributed by atoms with Gasteiger partial charge in [0.1, 0.15) is 6.04 Å². The summed E-state index contributed by atoms with van der Waals surface area (Å²) in [4.78, 5) is 36.5. The van der Waals surface area contributed by atoms with Crippen LogP contribution in [0.5, 0.6) is 0 Å². The molecule has 0 saturated heterocycles. The minimum atomic E-state index is -0.773. The van der Waals surface area contributed by atoms with E-state index in [1.807, 2.05) is 0 Å². The number of hydrogen-bond acceptors (Lipinski definition) is 3. The van der Waals surface area contributed by atoms with Gasteiger partial charge in [-0.15, -0.1) is 0 Å². The third kappa shape index (κ3) is 4.03. The summed E-state index contributed by atoms with van der Waals surface area (Å²) in [6.07, 6.45) is 1.60. The molecule has 0 aliphatic carbocycles. The van der Waals surface area contributed by atoms with Crippen LogP contribution >= 0.6 is 23.2 Å². The van der Waals surface area contributed by atoms with Gasteiger partial charge in [0.05, 0.1) is 16.5 Å². The number of carbonyl (C=O) groups is 2. The number of hydrogen-bond donors (Lipinski definition) is 2. The first-order chi connectivity index (χ1) is 13.3. The van der Waals surface area contributed by atoms with E-state index in [1.54, 1.807) is 49.4 Å². The van der Waals surface area contributed by atoms with Gasteiger partial charge in [-0.25, -0.2) is 0 Å². The van der Waals surface area contributed by atoms with E-state index in [0.717, 1.165) is 0 Å². The standard InChI is InChI=1S/C20H17Cl2N3O3/c1-11(19(23)27)25-8-7-13-14(20(25)28)3-2-4-17(13)24-18(26)10-12-5-6-15(21)16(22)9-12/h2-9,11H,10H2,1H3,(H2,23,27)(H,24,26)/t11-/m1/s1. The van der Waals surface area contributed by atoms with E-state index in [4.69, 9.17) is 28.9 Å². The molecule has 3 rings (SSSR count). The number of anilines is 1. The Morgan fingerprint density at radius 1 is 1.11 bits per heavy atom. The lowest BCUT2D eigenvalue weighted by atomic mass is 10.1. The van der Waals surface area contributed by atoms with Gasteiger partial charge in [-0.1, -0.05) is 35.3 Å². The molecule has 2 amide bonds. The highest BCUT2D eigenvalue weighted by Gasteiger charge is 2.15. The molecule has 0 bridgehead atoms. The zero-order valence-corrected chi connectivity index (χ0v) is 16.4. The molecule has 28 heavy (non-hydrogen) atoms. The molecule has 1 heterocycles. The lowest BCUT2D eigenvalue weighted by Crippen LogP contribution is -2.31. The number of amides is 2. The highest BCUT2D eigenvalue weighted by Crippen LogP contribution is 2.24. The van der Waals surface area contributed by atoms with Crippen LogP contribution in [0, 0.1) is 0 Å². The zero-order valence-electron chi connectivity index (χ0n) is 14.9. The van der Waals surface area contributed by atoms with Crippen molar-refractivity contribution < 1.29 is 9.59 Å². The van der Waals surface area contributed by atoms with Crippen LogP contribution in [0.3, 0.4) is 0 Å². The Hall–Kier alpha value is -2.83. The van der Waals surface area contributed by atoms with Crippen molar-refractivity contribution in [1.29, 1.82) is 0 Å². The molecule has 0 fully saturated rings. The number of nitrogens with zero attached hydrogens (tertiary/aromatic N) is 1. The number of nitrogens with one attached hydrogen (secondary N) is 1. The van der Waals surface area contributed by atoms with Crippen LogP contribution in [-0.2, 0) is 16.0 Å². The molecule has 1 aromatic heterocycles. The molecule has 8 heteroatoms. The molecule has 6 nitrogen and oxygen atoms in total. The summed E-state index contributed by atoms with van der Waals surface area (Å²) in [6.45, 7) is 1.55. The average Bonchev–Trinajstić information content (AvgIpc) is 2.65. The maximum absolute atomic E-state index is 12.7. The highest BCUT2D eigenvalue weighted by atomic mass is 35.5. The summed E-state index contributed by atoms with van der Waals surface area (Å²) in [6, 6.07) is 10.9. The number of aromatic nitrogens is 1. The number of carbonyl (C=O) groups excluding carboxylic acids is 2. The van der Waals surface area contributed by atoms with Gasteiger partial charge in [-0.05, 0) is 42.8 Å². The summed E-state index contributed by atoms with van der Waals surface area (Å²) in [7, 11) is 0. The lowest BCUT2D eigenvalue weighted by molar-refractivity contribution is -0.120. The first kappa shape index (κ1) is 19.9. The predicted octanol–water partition coefficient (Wildman–Crippen LogP) is 3.54. The van der Waals surface area contributed by atoms with Crippen LogP contribution in [0.2, 0.25) is 10.0 Å². The topological polar surface area (TPSA) is 94.2 Å². The van der Waals surface area contributed by atoms with Crippen LogP contribution in [0.25, 0.3) is 10.8 Å². The molecule has 0 aliphatic rings. The molecule has 0 saturated carbocycles. The Balaban J connectivity index is 1.90. The minimum Gasteiger partial charge on any atom is -0.368 e. The van der Waals surface area contributed by atoms with Gasteiger partial charge in [0.25, 0.3) is 5.56 Å². The second kappa shape index (κ2) is 8.04. The summed E-state index contributed by atoms with van der Waals surface area (Å²) in [5.41, 5.74) is 6.15. The van der Waals surface area contributed by atoms with Crippen LogP contribution in [0.1, 0.15) is 18.5 Å². The van der Waals surface area contributed by atoms with Gasteiger partial charge in [0, 0.05) is 22.7 Å². The summed E-state index contributed by atoms with van der Waals surface area (Å²) in [5, 5.41) is 4.56. The van der Waals surface area contributed by atoms with Crippen LogP contribution < -0.4 is 16.6 Å². The van der Waals surface area contributed by atoms with Crippen molar-refractivity contribution in [3.63, 3.8) is 0 Å². The van der Waals surface area contributed by atoms with Crippen LogP contribution in [-0.4, -0.2) is 16.4 Å². The molecule has 0 spiro atoms. The highest BCUT2D eigenvalue weighted by molar-refractivity contribution is 6.42. The Labute approximate surface area is 170 Å². The lowest BCUT2D eigenvalue weighted by Gasteiger charge is -2.14. The number of rotatable bonds is 5. The molecule has 0 radical (unpaired) electrons. The maximum atomic E-state index is 12.7. The normalized spacial score (nSPS) is 12.0. The van der Waals surface area contributed by atoms with Crippen molar-refractivity contribution in [2.75, 3.05) is 5.32 Å². The Morgan fingerprint density at radius 3 is 2.54 bits per heavy atom. The Kier molecular flexibility index (Phi) is 5.72. The van der Waals surface area contributed by atoms with E-state index >= 15 is 0 Å². The molecule has 2 aromatic carbocycles. The van der Waals surface area contributed by atoms with Crippen molar-refractivity contribution in [2.45, 2.75) is 19.4 Å². The number of pyridine rings is 1. The third-order valence-electron chi connectivity index (χ3n) is 4.42. The van der Waals surface area contributed by atoms with E-state index in [2.05, 4.69) is 5.32 Å². The number of fused-ring (bicyclic) bond motifs is 1. The number of primary amides is 1. The number of nitrogens with two attached hydrogens (primary N) is 1. The van der Waals surface area contributed by atoms with E-state index in [0.29, 0.717) is 32.1 Å². The largest absolute Gasteiger partial charge is 0.368 e. The second-order valence-electron chi connectivity index (χ2n) is 6.35. The first-order valence-corrected chi connectivity index (χ1v) is 9.20. The Bertz CT molecular complexity index is 1140. The van der Waals surface area contributed by atoms with E-state index in [9.17, 15) is 14.4 Å². The third-order valence-corrected chi connectivity index (χ3v) is 5.16. The SMILES string of the molecule is C[C@H](C(N)=O)n1ccc2c(NC(=O)Cc3ccc(Cl)c(Cl)c3)cccc2c1=O. The average molecular weight is 418 g/mol. The minimum absolute atomic E-state index is 0.100. The summed E-state index contributed by atoms with van der Waals surface area (Å²) >= 11 is 11.9. The van der Waals surface area contributed by atoms with Gasteiger partial charge < -0.3 is 15.6 Å². The van der Waals surface area contributed by atoms with Gasteiger partial charge in [0.15, 0.2) is 0 Å². The number of halogens is 2. The van der Waals surface area contributed by atoms with Crippen LogP contribution in [0.4, 0.5) is 5.69 Å². The molecule has 3 N–H and O–H groups in total. The molecular formula is C20H17Cl2N3O3. The maximum Gasteiger partial charge on any atom is 0.259 e. The smallest absolute Gasteiger partial charge is 0.259 e. The van der Waals surface area contributed by atoms with Gasteiger partial charge in [-0.3, -0.25) is 14.4 Å². The summed E-state index contributed by atoms with van der Waals surface area (Å²) in [5.74, 6) is -0.867. The molecule has 1 atom stereocenters. The molecular weight excluding hydrogens is 401 g/mol. The van der Waals surface area contributed by atoms with Gasteiger partial charge in [0.2, 0.25) is 11.8 Å². The second-order valence-corrected chi connectivity index (χ2v) is 7.16. The molecule has 0 aliphatic heterocycles.